The fourth-order valence-corrected chi connectivity index (χ4v) is 3.26. The van der Waals surface area contributed by atoms with Crippen LogP contribution in [0.25, 0.3) is 15.9 Å². The van der Waals surface area contributed by atoms with Gasteiger partial charge in [-0.05, 0) is 24.3 Å². The Balaban J connectivity index is 1.65. The standard InChI is InChI=1S/C15H11ClN4S/c16-12-3-4-13(14-11(12)2-1-5-17-14)18-8-10-9-20-6-7-21-15(20)19-10/h1-7,9,18H,8H2. The highest BCUT2D eigenvalue weighted by Gasteiger charge is 2.07. The zero-order valence-corrected chi connectivity index (χ0v) is 12.5. The van der Waals surface area contributed by atoms with E-state index in [0.717, 1.165) is 27.2 Å². The van der Waals surface area contributed by atoms with E-state index in [0.29, 0.717) is 11.6 Å². The quantitative estimate of drug-likeness (QED) is 0.616. The van der Waals surface area contributed by atoms with Gasteiger partial charge in [0.15, 0.2) is 4.96 Å². The Kier molecular flexibility index (Phi) is 3.02. The number of pyridine rings is 1. The molecule has 3 heterocycles. The summed E-state index contributed by atoms with van der Waals surface area (Å²) < 4.78 is 2.03. The molecular weight excluding hydrogens is 304 g/mol. The summed E-state index contributed by atoms with van der Waals surface area (Å²) in [4.78, 5) is 9.98. The van der Waals surface area contributed by atoms with Gasteiger partial charge in [-0.15, -0.1) is 11.3 Å². The first kappa shape index (κ1) is 12.6. The summed E-state index contributed by atoms with van der Waals surface area (Å²) in [5.74, 6) is 0. The first-order valence-corrected chi connectivity index (χ1v) is 7.75. The molecule has 4 nitrogen and oxygen atoms in total. The fraction of sp³-hybridized carbons (Fsp3) is 0.0667. The van der Waals surface area contributed by atoms with Gasteiger partial charge in [-0.1, -0.05) is 11.6 Å². The number of benzene rings is 1. The van der Waals surface area contributed by atoms with Crippen LogP contribution in [0.1, 0.15) is 5.69 Å². The molecule has 0 atom stereocenters. The summed E-state index contributed by atoms with van der Waals surface area (Å²) >= 11 is 7.83. The average Bonchev–Trinajstić information content (AvgIpc) is 3.08. The number of fused-ring (bicyclic) bond motifs is 2. The van der Waals surface area contributed by atoms with Gasteiger partial charge in [0.05, 0.1) is 28.5 Å². The van der Waals surface area contributed by atoms with Crippen molar-refractivity contribution < 1.29 is 0 Å². The van der Waals surface area contributed by atoms with E-state index < -0.39 is 0 Å². The molecule has 0 aliphatic carbocycles. The Morgan fingerprint density at radius 2 is 2.24 bits per heavy atom. The maximum atomic E-state index is 6.20. The number of hydrogen-bond acceptors (Lipinski definition) is 4. The van der Waals surface area contributed by atoms with Crippen LogP contribution in [0.3, 0.4) is 0 Å². The van der Waals surface area contributed by atoms with E-state index in [2.05, 4.69) is 15.3 Å². The van der Waals surface area contributed by atoms with Crippen molar-refractivity contribution in [2.24, 2.45) is 0 Å². The van der Waals surface area contributed by atoms with E-state index in [1.165, 1.54) is 0 Å². The number of aromatic nitrogens is 3. The van der Waals surface area contributed by atoms with E-state index in [9.17, 15) is 0 Å². The van der Waals surface area contributed by atoms with Gasteiger partial charge in [0, 0.05) is 29.4 Å². The van der Waals surface area contributed by atoms with Gasteiger partial charge in [-0.25, -0.2) is 4.98 Å². The molecule has 3 aromatic heterocycles. The van der Waals surface area contributed by atoms with Crippen LogP contribution in [-0.4, -0.2) is 14.4 Å². The van der Waals surface area contributed by atoms with Crippen LogP contribution in [0.5, 0.6) is 0 Å². The van der Waals surface area contributed by atoms with Gasteiger partial charge in [0.25, 0.3) is 0 Å². The topological polar surface area (TPSA) is 42.2 Å². The molecular formula is C15H11ClN4S. The van der Waals surface area contributed by atoms with Crippen molar-refractivity contribution in [1.82, 2.24) is 14.4 Å². The molecule has 21 heavy (non-hydrogen) atoms. The van der Waals surface area contributed by atoms with E-state index in [1.54, 1.807) is 17.5 Å². The maximum absolute atomic E-state index is 6.20. The molecule has 0 saturated carbocycles. The second kappa shape index (κ2) is 5.02. The van der Waals surface area contributed by atoms with Crippen LogP contribution < -0.4 is 5.32 Å². The van der Waals surface area contributed by atoms with Gasteiger partial charge in [-0.2, -0.15) is 0 Å². The molecule has 4 aromatic rings. The van der Waals surface area contributed by atoms with Crippen molar-refractivity contribution in [3.05, 3.63) is 59.0 Å². The number of nitrogens with zero attached hydrogens (tertiary/aromatic N) is 3. The van der Waals surface area contributed by atoms with Gasteiger partial charge >= 0.3 is 0 Å². The highest BCUT2D eigenvalue weighted by molar-refractivity contribution is 7.15. The molecule has 0 unspecified atom stereocenters. The summed E-state index contributed by atoms with van der Waals surface area (Å²) in [7, 11) is 0. The summed E-state index contributed by atoms with van der Waals surface area (Å²) in [6.45, 7) is 0.654. The number of halogens is 1. The predicted octanol–water partition coefficient (Wildman–Crippen LogP) is 4.21. The minimum Gasteiger partial charge on any atom is -0.378 e. The number of thiazole rings is 1. The van der Waals surface area contributed by atoms with Crippen molar-refractivity contribution in [1.29, 1.82) is 0 Å². The van der Waals surface area contributed by atoms with Crippen LogP contribution in [0.2, 0.25) is 5.02 Å². The molecule has 1 N–H and O–H groups in total. The lowest BCUT2D eigenvalue weighted by molar-refractivity contribution is 1.08. The van der Waals surface area contributed by atoms with E-state index in [-0.39, 0.29) is 0 Å². The third-order valence-electron chi connectivity index (χ3n) is 3.32. The number of imidazole rings is 1. The molecule has 0 fully saturated rings. The Labute approximate surface area is 130 Å². The maximum Gasteiger partial charge on any atom is 0.193 e. The zero-order valence-electron chi connectivity index (χ0n) is 11.0. The van der Waals surface area contributed by atoms with Gasteiger partial charge in [0.2, 0.25) is 0 Å². The summed E-state index contributed by atoms with van der Waals surface area (Å²) in [6, 6.07) is 7.71. The monoisotopic (exact) mass is 314 g/mol. The molecule has 104 valence electrons. The van der Waals surface area contributed by atoms with Crippen LogP contribution >= 0.6 is 22.9 Å². The molecule has 4 rings (SSSR count). The fourth-order valence-electron chi connectivity index (χ4n) is 2.33. The Hall–Kier alpha value is -2.11. The van der Waals surface area contributed by atoms with Crippen LogP contribution in [0.15, 0.2) is 48.2 Å². The number of nitrogens with one attached hydrogen (secondary N) is 1. The van der Waals surface area contributed by atoms with Crippen LogP contribution in [0, 0.1) is 0 Å². The summed E-state index contributed by atoms with van der Waals surface area (Å²) in [5, 5.41) is 7.08. The van der Waals surface area contributed by atoms with Gasteiger partial charge < -0.3 is 5.32 Å². The number of rotatable bonds is 3. The third-order valence-corrected chi connectivity index (χ3v) is 4.42. The smallest absolute Gasteiger partial charge is 0.193 e. The second-order valence-electron chi connectivity index (χ2n) is 4.67. The normalized spacial score (nSPS) is 11.3. The molecule has 0 amide bonds. The Morgan fingerprint density at radius 1 is 1.29 bits per heavy atom. The van der Waals surface area contributed by atoms with Crippen molar-refractivity contribution in [2.45, 2.75) is 6.54 Å². The molecule has 0 saturated heterocycles. The van der Waals surface area contributed by atoms with Crippen molar-refractivity contribution in [3.63, 3.8) is 0 Å². The lowest BCUT2D eigenvalue weighted by Gasteiger charge is -2.08. The highest BCUT2D eigenvalue weighted by Crippen LogP contribution is 2.28. The van der Waals surface area contributed by atoms with E-state index in [1.807, 2.05) is 46.4 Å². The minimum absolute atomic E-state index is 0.654. The Bertz CT molecular complexity index is 899. The van der Waals surface area contributed by atoms with Gasteiger partial charge in [-0.3, -0.25) is 9.38 Å². The molecule has 0 radical (unpaired) electrons. The predicted molar refractivity (Wildman–Crippen MR) is 87.1 cm³/mol. The Morgan fingerprint density at radius 3 is 3.14 bits per heavy atom. The lowest BCUT2D eigenvalue weighted by Crippen LogP contribution is -2.01. The molecule has 1 aromatic carbocycles. The van der Waals surface area contributed by atoms with E-state index >= 15 is 0 Å². The second-order valence-corrected chi connectivity index (χ2v) is 5.95. The SMILES string of the molecule is Clc1ccc(NCc2cn3ccsc3n2)c2ncccc12. The molecule has 0 aliphatic rings. The molecule has 0 spiro atoms. The molecule has 6 heteroatoms. The van der Waals surface area contributed by atoms with Crippen molar-refractivity contribution in [3.8, 4) is 0 Å². The van der Waals surface area contributed by atoms with Crippen molar-refractivity contribution in [2.75, 3.05) is 5.32 Å². The summed E-state index contributed by atoms with van der Waals surface area (Å²) in [6.07, 6.45) is 5.82. The number of anilines is 1. The van der Waals surface area contributed by atoms with Gasteiger partial charge in [0.1, 0.15) is 0 Å². The summed E-state index contributed by atoms with van der Waals surface area (Å²) in [5.41, 5.74) is 2.85. The lowest BCUT2D eigenvalue weighted by atomic mass is 10.2. The first-order chi connectivity index (χ1) is 10.3. The van der Waals surface area contributed by atoms with E-state index in [4.69, 9.17) is 11.6 Å². The largest absolute Gasteiger partial charge is 0.378 e. The van der Waals surface area contributed by atoms with Crippen molar-refractivity contribution >= 4 is 44.5 Å². The average molecular weight is 315 g/mol. The third kappa shape index (κ3) is 2.24. The van der Waals surface area contributed by atoms with Crippen LogP contribution in [-0.2, 0) is 6.54 Å². The molecule has 0 aliphatic heterocycles. The highest BCUT2D eigenvalue weighted by atomic mass is 35.5. The first-order valence-electron chi connectivity index (χ1n) is 6.49. The minimum atomic E-state index is 0.654. The molecule has 0 bridgehead atoms. The van der Waals surface area contributed by atoms with Crippen LogP contribution in [0.4, 0.5) is 5.69 Å². The zero-order chi connectivity index (χ0) is 14.2. The number of hydrogen-bond donors (Lipinski definition) is 1.